The molecular weight excluding hydrogens is 264 g/mol. The highest BCUT2D eigenvalue weighted by atomic mass is 35.5. The van der Waals surface area contributed by atoms with Crippen LogP contribution in [0.3, 0.4) is 0 Å². The Balaban J connectivity index is 2.48. The molecule has 1 atom stereocenters. The largest absolute Gasteiger partial charge is 0.368 e. The molecule has 1 rings (SSSR count). The number of nitrogens with two attached hydrogens (primary N) is 1. The van der Waals surface area contributed by atoms with E-state index in [0.717, 1.165) is 17.3 Å². The van der Waals surface area contributed by atoms with Crippen molar-refractivity contribution in [3.8, 4) is 0 Å². The Bertz CT molecular complexity index is 317. The van der Waals surface area contributed by atoms with Crippen LogP contribution in [0.4, 0.5) is 5.95 Å². The lowest BCUT2D eigenvalue weighted by Crippen LogP contribution is -2.05. The summed E-state index contributed by atoms with van der Waals surface area (Å²) in [5, 5.41) is 0.359. The summed E-state index contributed by atoms with van der Waals surface area (Å²) in [6.45, 7) is 4.21. The van der Waals surface area contributed by atoms with E-state index in [0.29, 0.717) is 5.82 Å². The van der Waals surface area contributed by atoms with Gasteiger partial charge >= 0.3 is 0 Å². The predicted molar refractivity (Wildman–Crippen MR) is 73.1 cm³/mol. The van der Waals surface area contributed by atoms with Crippen molar-refractivity contribution in [1.29, 1.82) is 0 Å². The lowest BCUT2D eigenvalue weighted by atomic mass is 10.4. The summed E-state index contributed by atoms with van der Waals surface area (Å²) >= 11 is 9.45. The maximum Gasteiger partial charge on any atom is 0.227 e. The number of nitrogen functional groups attached to an aromatic ring is 1. The van der Waals surface area contributed by atoms with Crippen LogP contribution in [-0.4, -0.2) is 32.2 Å². The molecular formula is C9H15ClN4S2. The standard InChI is InChI=1S/C9H15ClN4S2/c1-3-15-4-5-16-6(2)7-12-8(10)14-9(11)13-7/h6H,3-5H2,1-2H3,(H2,11,12,13,14)/t6-/m1/s1. The summed E-state index contributed by atoms with van der Waals surface area (Å²) in [6, 6.07) is 0. The van der Waals surface area contributed by atoms with Crippen molar-refractivity contribution in [2.45, 2.75) is 19.1 Å². The summed E-state index contributed by atoms with van der Waals surface area (Å²) in [4.78, 5) is 11.9. The fourth-order valence-electron chi connectivity index (χ4n) is 1.07. The van der Waals surface area contributed by atoms with Crippen LogP contribution in [0.15, 0.2) is 0 Å². The minimum Gasteiger partial charge on any atom is -0.368 e. The minimum absolute atomic E-state index is 0.165. The predicted octanol–water partition coefficient (Wildman–Crippen LogP) is 2.65. The van der Waals surface area contributed by atoms with E-state index in [4.69, 9.17) is 17.3 Å². The van der Waals surface area contributed by atoms with Gasteiger partial charge in [-0.05, 0) is 24.3 Å². The first-order chi connectivity index (χ1) is 7.63. The van der Waals surface area contributed by atoms with Gasteiger partial charge in [-0.25, -0.2) is 4.98 Å². The quantitative estimate of drug-likeness (QED) is 0.807. The third kappa shape index (κ3) is 4.76. The Labute approximate surface area is 109 Å². The first-order valence-corrected chi connectivity index (χ1v) is 7.58. The van der Waals surface area contributed by atoms with Gasteiger partial charge in [0.25, 0.3) is 0 Å². The molecule has 0 aliphatic rings. The highest BCUT2D eigenvalue weighted by Gasteiger charge is 2.11. The summed E-state index contributed by atoms with van der Waals surface area (Å²) in [5.41, 5.74) is 5.51. The minimum atomic E-state index is 0.165. The first-order valence-electron chi connectivity index (χ1n) is 4.99. The van der Waals surface area contributed by atoms with Crippen LogP contribution >= 0.6 is 35.1 Å². The number of hydrogen-bond acceptors (Lipinski definition) is 6. The number of thioether (sulfide) groups is 2. The highest BCUT2D eigenvalue weighted by Crippen LogP contribution is 2.26. The van der Waals surface area contributed by atoms with Gasteiger partial charge in [0.2, 0.25) is 11.2 Å². The Kier molecular flexibility index (Phi) is 6.23. The van der Waals surface area contributed by atoms with Gasteiger partial charge in [0.1, 0.15) is 5.82 Å². The van der Waals surface area contributed by atoms with Crippen molar-refractivity contribution in [2.24, 2.45) is 0 Å². The average Bonchev–Trinajstić information content (AvgIpc) is 2.22. The lowest BCUT2D eigenvalue weighted by molar-refractivity contribution is 0.891. The molecule has 0 fully saturated rings. The van der Waals surface area contributed by atoms with E-state index in [1.54, 1.807) is 11.8 Å². The van der Waals surface area contributed by atoms with Crippen molar-refractivity contribution in [2.75, 3.05) is 23.0 Å². The first kappa shape index (κ1) is 13.9. The maximum absolute atomic E-state index is 5.72. The molecule has 0 aromatic carbocycles. The molecule has 1 heterocycles. The Morgan fingerprint density at radius 3 is 2.69 bits per heavy atom. The van der Waals surface area contributed by atoms with Crippen molar-refractivity contribution < 1.29 is 0 Å². The molecule has 0 aliphatic carbocycles. The number of aromatic nitrogens is 3. The molecule has 0 saturated carbocycles. The third-order valence-electron chi connectivity index (χ3n) is 1.81. The molecule has 7 heteroatoms. The van der Waals surface area contributed by atoms with Crippen LogP contribution in [0.1, 0.15) is 24.9 Å². The van der Waals surface area contributed by atoms with Crippen molar-refractivity contribution in [3.63, 3.8) is 0 Å². The number of nitrogens with zero attached hydrogens (tertiary/aromatic N) is 3. The molecule has 0 spiro atoms. The van der Waals surface area contributed by atoms with Crippen LogP contribution < -0.4 is 5.73 Å². The van der Waals surface area contributed by atoms with Gasteiger partial charge in [0.15, 0.2) is 0 Å². The molecule has 0 bridgehead atoms. The number of hydrogen-bond donors (Lipinski definition) is 1. The molecule has 0 unspecified atom stereocenters. The van der Waals surface area contributed by atoms with Gasteiger partial charge in [0, 0.05) is 11.5 Å². The van der Waals surface area contributed by atoms with Gasteiger partial charge in [-0.1, -0.05) is 6.92 Å². The number of rotatable bonds is 6. The zero-order valence-corrected chi connectivity index (χ0v) is 11.7. The fourth-order valence-corrected chi connectivity index (χ4v) is 2.99. The average molecular weight is 279 g/mol. The van der Waals surface area contributed by atoms with Gasteiger partial charge in [-0.3, -0.25) is 0 Å². The zero-order chi connectivity index (χ0) is 12.0. The molecule has 16 heavy (non-hydrogen) atoms. The zero-order valence-electron chi connectivity index (χ0n) is 9.31. The SMILES string of the molecule is CCSCCS[C@H](C)c1nc(N)nc(Cl)n1. The third-order valence-corrected chi connectivity index (χ3v) is 4.29. The van der Waals surface area contributed by atoms with E-state index >= 15 is 0 Å². The van der Waals surface area contributed by atoms with Crippen LogP contribution in [0.25, 0.3) is 0 Å². The molecule has 2 N–H and O–H groups in total. The van der Waals surface area contributed by atoms with Crippen LogP contribution in [0.5, 0.6) is 0 Å². The lowest BCUT2D eigenvalue weighted by Gasteiger charge is -2.09. The van der Waals surface area contributed by atoms with E-state index in [9.17, 15) is 0 Å². The number of halogens is 1. The second-order valence-electron chi connectivity index (χ2n) is 3.03. The second-order valence-corrected chi connectivity index (χ2v) is 6.21. The fraction of sp³-hybridized carbons (Fsp3) is 0.667. The van der Waals surface area contributed by atoms with Crippen molar-refractivity contribution in [1.82, 2.24) is 15.0 Å². The maximum atomic E-state index is 5.72. The van der Waals surface area contributed by atoms with E-state index < -0.39 is 0 Å². The van der Waals surface area contributed by atoms with Crippen LogP contribution in [0.2, 0.25) is 5.28 Å². The highest BCUT2D eigenvalue weighted by molar-refractivity contribution is 8.03. The Morgan fingerprint density at radius 2 is 2.06 bits per heavy atom. The summed E-state index contributed by atoms with van der Waals surface area (Å²) in [6.07, 6.45) is 0. The summed E-state index contributed by atoms with van der Waals surface area (Å²) in [7, 11) is 0. The van der Waals surface area contributed by atoms with Gasteiger partial charge in [-0.2, -0.15) is 21.7 Å². The monoisotopic (exact) mass is 278 g/mol. The molecule has 0 amide bonds. The van der Waals surface area contributed by atoms with E-state index in [2.05, 4.69) is 21.9 Å². The second kappa shape index (κ2) is 7.19. The number of anilines is 1. The van der Waals surface area contributed by atoms with Gasteiger partial charge in [0.05, 0.1) is 5.25 Å². The van der Waals surface area contributed by atoms with E-state index in [-0.39, 0.29) is 16.5 Å². The Hall–Kier alpha value is -0.200. The molecule has 90 valence electrons. The Morgan fingerprint density at radius 1 is 1.31 bits per heavy atom. The van der Waals surface area contributed by atoms with Crippen LogP contribution in [0, 0.1) is 0 Å². The molecule has 0 saturated heterocycles. The molecule has 1 aromatic rings. The van der Waals surface area contributed by atoms with Crippen LogP contribution in [-0.2, 0) is 0 Å². The van der Waals surface area contributed by atoms with Gasteiger partial charge in [-0.15, -0.1) is 11.8 Å². The molecule has 1 aromatic heterocycles. The summed E-state index contributed by atoms with van der Waals surface area (Å²) < 4.78 is 0. The normalized spacial score (nSPS) is 12.7. The van der Waals surface area contributed by atoms with Gasteiger partial charge < -0.3 is 5.73 Å². The van der Waals surface area contributed by atoms with E-state index in [1.165, 1.54) is 0 Å². The van der Waals surface area contributed by atoms with E-state index in [1.807, 2.05) is 18.7 Å². The van der Waals surface area contributed by atoms with Crippen molar-refractivity contribution >= 4 is 41.1 Å². The molecule has 0 radical (unpaired) electrons. The molecule has 4 nitrogen and oxygen atoms in total. The topological polar surface area (TPSA) is 64.7 Å². The molecule has 0 aliphatic heterocycles. The smallest absolute Gasteiger partial charge is 0.227 e. The van der Waals surface area contributed by atoms with Crippen molar-refractivity contribution in [3.05, 3.63) is 11.1 Å². The summed E-state index contributed by atoms with van der Waals surface area (Å²) in [5.74, 6) is 4.21.